The fraction of sp³-hybridized carbons (Fsp3) is 0.393. The summed E-state index contributed by atoms with van der Waals surface area (Å²) >= 11 is 6.27. The van der Waals surface area contributed by atoms with Gasteiger partial charge in [0.25, 0.3) is 5.91 Å². The van der Waals surface area contributed by atoms with Crippen molar-refractivity contribution in [2.24, 2.45) is 5.41 Å². The summed E-state index contributed by atoms with van der Waals surface area (Å²) in [5.74, 6) is -0.559. The highest BCUT2D eigenvalue weighted by Crippen LogP contribution is 2.36. The summed E-state index contributed by atoms with van der Waals surface area (Å²) in [6, 6.07) is 15.9. The molecular weight excluding hydrogens is 504 g/mol. The van der Waals surface area contributed by atoms with Gasteiger partial charge in [-0.3, -0.25) is 19.1 Å². The van der Waals surface area contributed by atoms with E-state index in [0.717, 1.165) is 11.3 Å². The van der Waals surface area contributed by atoms with Crippen LogP contribution in [0.3, 0.4) is 0 Å². The third-order valence-electron chi connectivity index (χ3n) is 7.47. The monoisotopic (exact) mass is 534 g/mol. The number of piperidine rings is 1. The minimum atomic E-state index is -0.832. The second-order valence-electron chi connectivity index (χ2n) is 10.1. The number of fused-ring (bicyclic) bond motifs is 2. The molecule has 1 fully saturated rings. The van der Waals surface area contributed by atoms with E-state index in [1.807, 2.05) is 36.5 Å². The smallest absolute Gasteiger partial charge is 0.255 e. The normalized spacial score (nSPS) is 20.0. The molecule has 9 nitrogen and oxygen atoms in total. The van der Waals surface area contributed by atoms with Gasteiger partial charge in [0.2, 0.25) is 11.8 Å². The summed E-state index contributed by atoms with van der Waals surface area (Å²) in [7, 11) is 0. The number of aromatic nitrogens is 3. The van der Waals surface area contributed by atoms with Crippen LogP contribution in [0.5, 0.6) is 0 Å². The lowest BCUT2D eigenvalue weighted by atomic mass is 9.73. The van der Waals surface area contributed by atoms with Gasteiger partial charge in [0, 0.05) is 45.2 Å². The van der Waals surface area contributed by atoms with Crippen LogP contribution in [0.15, 0.2) is 60.8 Å². The van der Waals surface area contributed by atoms with E-state index in [1.54, 1.807) is 33.8 Å². The van der Waals surface area contributed by atoms with Gasteiger partial charge in [-0.2, -0.15) is 0 Å². The molecule has 1 atom stereocenters. The molecule has 0 radical (unpaired) electrons. The number of hydrogen-bond acceptors (Lipinski definition) is 5. The second-order valence-corrected chi connectivity index (χ2v) is 10.5. The van der Waals surface area contributed by atoms with Gasteiger partial charge >= 0.3 is 0 Å². The third kappa shape index (κ3) is 5.72. The molecule has 3 aromatic rings. The molecule has 2 aromatic carbocycles. The van der Waals surface area contributed by atoms with E-state index in [9.17, 15) is 14.4 Å². The third-order valence-corrected chi connectivity index (χ3v) is 7.80. The minimum absolute atomic E-state index is 0.150. The van der Waals surface area contributed by atoms with Gasteiger partial charge in [0.1, 0.15) is 6.04 Å². The number of nitrogens with zero attached hydrogens (tertiary/aromatic N) is 4. The molecule has 5 rings (SSSR count). The number of carbonyl (C=O) groups is 3. The molecule has 1 spiro atoms. The van der Waals surface area contributed by atoms with E-state index in [2.05, 4.69) is 20.9 Å². The van der Waals surface area contributed by atoms with E-state index < -0.39 is 11.5 Å². The number of benzene rings is 2. The summed E-state index contributed by atoms with van der Waals surface area (Å²) in [6.07, 6.45) is 4.21. The highest BCUT2D eigenvalue weighted by molar-refractivity contribution is 6.33. The van der Waals surface area contributed by atoms with Gasteiger partial charge in [-0.1, -0.05) is 59.3 Å². The number of amides is 3. The lowest BCUT2D eigenvalue weighted by molar-refractivity contribution is -0.137. The van der Waals surface area contributed by atoms with Crippen molar-refractivity contribution in [1.82, 2.24) is 30.5 Å². The molecule has 3 amide bonds. The molecule has 0 saturated carbocycles. The first kappa shape index (κ1) is 25.9. The molecule has 1 aromatic heterocycles. The number of carbonyl (C=O) groups excluding carboxylic acids is 3. The molecular formula is C28H31ClN6O3. The van der Waals surface area contributed by atoms with Gasteiger partial charge in [-0.25, -0.2) is 0 Å². The van der Waals surface area contributed by atoms with Crippen molar-refractivity contribution < 1.29 is 14.4 Å². The maximum absolute atomic E-state index is 14.0. The topological polar surface area (TPSA) is 109 Å². The maximum Gasteiger partial charge on any atom is 0.255 e. The molecule has 3 heterocycles. The average molecular weight is 535 g/mol. The van der Waals surface area contributed by atoms with Crippen LogP contribution in [-0.2, 0) is 29.0 Å². The number of likely N-dealkylation sites (tertiary alicyclic amines) is 1. The number of nitrogens with one attached hydrogen (secondary N) is 2. The van der Waals surface area contributed by atoms with Crippen LogP contribution in [0.1, 0.15) is 40.9 Å². The van der Waals surface area contributed by atoms with Gasteiger partial charge in [-0.15, -0.1) is 5.10 Å². The van der Waals surface area contributed by atoms with Gasteiger partial charge in [0.05, 0.1) is 21.7 Å². The zero-order valence-corrected chi connectivity index (χ0v) is 21.9. The van der Waals surface area contributed by atoms with Crippen molar-refractivity contribution in [3.05, 3.63) is 82.6 Å². The van der Waals surface area contributed by atoms with Crippen LogP contribution in [0, 0.1) is 5.41 Å². The average Bonchev–Trinajstić information content (AvgIpc) is 3.38. The van der Waals surface area contributed by atoms with E-state index in [1.165, 1.54) is 0 Å². The standard InChI is InChI=1S/C28H31ClN6O3/c29-23-10-5-4-9-22(23)26(37)34-15-11-28(12-16-34)18-21-19-35(33-32-21)14-6-13-30-25(36)24(31-27(28)38)17-20-7-2-1-3-8-20/h1-5,7-10,19,24H,6,11-18H2,(H,30,36)(H,31,38)/t24-/m0/s1. The zero-order valence-electron chi connectivity index (χ0n) is 21.1. The summed E-state index contributed by atoms with van der Waals surface area (Å²) in [5.41, 5.74) is 1.31. The van der Waals surface area contributed by atoms with Crippen LogP contribution in [0.2, 0.25) is 5.02 Å². The lowest BCUT2D eigenvalue weighted by Gasteiger charge is -2.41. The SMILES string of the molecule is O=C1NCCCn2cc(nn2)CC2(CCN(C(=O)c3ccccc3Cl)CC2)C(=O)N[C@H]1Cc1ccccc1. The highest BCUT2D eigenvalue weighted by atomic mass is 35.5. The molecule has 0 aliphatic carbocycles. The predicted octanol–water partition coefficient (Wildman–Crippen LogP) is 2.64. The Balaban J connectivity index is 1.40. The van der Waals surface area contributed by atoms with Crippen LogP contribution < -0.4 is 10.6 Å². The molecule has 38 heavy (non-hydrogen) atoms. The molecule has 0 unspecified atom stereocenters. The Labute approximate surface area is 226 Å². The van der Waals surface area contributed by atoms with Gasteiger partial charge < -0.3 is 15.5 Å². The molecule has 2 N–H and O–H groups in total. The molecule has 198 valence electrons. The zero-order chi connectivity index (χ0) is 26.5. The quantitative estimate of drug-likeness (QED) is 0.537. The van der Waals surface area contributed by atoms with Crippen molar-refractivity contribution in [3.8, 4) is 0 Å². The number of aryl methyl sites for hydroxylation is 1. The summed E-state index contributed by atoms with van der Waals surface area (Å²) in [4.78, 5) is 42.1. The van der Waals surface area contributed by atoms with E-state index in [-0.39, 0.29) is 17.7 Å². The van der Waals surface area contributed by atoms with E-state index >= 15 is 0 Å². The van der Waals surface area contributed by atoms with E-state index in [0.29, 0.717) is 68.9 Å². The van der Waals surface area contributed by atoms with Crippen molar-refractivity contribution in [3.63, 3.8) is 0 Å². The molecule has 2 aliphatic heterocycles. The molecule has 2 aliphatic rings. The Morgan fingerprint density at radius 3 is 2.53 bits per heavy atom. The summed E-state index contributed by atoms with van der Waals surface area (Å²) in [6.45, 7) is 1.87. The van der Waals surface area contributed by atoms with Crippen molar-refractivity contribution in [1.29, 1.82) is 0 Å². The number of rotatable bonds is 3. The van der Waals surface area contributed by atoms with Gasteiger partial charge in [0.15, 0.2) is 0 Å². The van der Waals surface area contributed by atoms with Crippen molar-refractivity contribution in [2.75, 3.05) is 19.6 Å². The molecule has 1 saturated heterocycles. The van der Waals surface area contributed by atoms with Crippen molar-refractivity contribution >= 4 is 29.3 Å². The number of halogens is 1. The molecule has 10 heteroatoms. The highest BCUT2D eigenvalue weighted by Gasteiger charge is 2.44. The first-order chi connectivity index (χ1) is 18.4. The van der Waals surface area contributed by atoms with Crippen molar-refractivity contribution in [2.45, 2.75) is 44.7 Å². The van der Waals surface area contributed by atoms with Crippen LogP contribution in [0.4, 0.5) is 0 Å². The lowest BCUT2D eigenvalue weighted by Crippen LogP contribution is -2.56. The maximum atomic E-state index is 14.0. The Bertz CT molecular complexity index is 1300. The fourth-order valence-corrected chi connectivity index (χ4v) is 5.47. The van der Waals surface area contributed by atoms with Crippen LogP contribution in [0.25, 0.3) is 0 Å². The first-order valence-electron chi connectivity index (χ1n) is 13.0. The Morgan fingerprint density at radius 1 is 1.03 bits per heavy atom. The Morgan fingerprint density at radius 2 is 1.76 bits per heavy atom. The first-order valence-corrected chi connectivity index (χ1v) is 13.4. The predicted molar refractivity (Wildman–Crippen MR) is 142 cm³/mol. The van der Waals surface area contributed by atoms with E-state index in [4.69, 9.17) is 11.6 Å². The molecule has 2 bridgehead atoms. The second kappa shape index (κ2) is 11.3. The van der Waals surface area contributed by atoms with Gasteiger partial charge in [-0.05, 0) is 37.0 Å². The van der Waals surface area contributed by atoms with Crippen LogP contribution >= 0.6 is 11.6 Å². The van der Waals surface area contributed by atoms with Crippen LogP contribution in [-0.4, -0.2) is 63.3 Å². The fourth-order valence-electron chi connectivity index (χ4n) is 5.25. The Hall–Kier alpha value is -3.72. The Kier molecular flexibility index (Phi) is 7.74. The summed E-state index contributed by atoms with van der Waals surface area (Å²) in [5, 5.41) is 15.0. The largest absolute Gasteiger partial charge is 0.354 e. The minimum Gasteiger partial charge on any atom is -0.354 e. The number of hydrogen-bond donors (Lipinski definition) is 2. The summed E-state index contributed by atoms with van der Waals surface area (Å²) < 4.78 is 1.75.